The molecule has 0 atom stereocenters. The number of hydrogen-bond acceptors (Lipinski definition) is 5. The molecule has 0 unspecified atom stereocenters. The molecular formula is C13H14O5. The van der Waals surface area contributed by atoms with Gasteiger partial charge in [-0.05, 0) is 19.1 Å². The lowest BCUT2D eigenvalue weighted by Crippen LogP contribution is -2.04. The van der Waals surface area contributed by atoms with Crippen molar-refractivity contribution in [3.63, 3.8) is 0 Å². The van der Waals surface area contributed by atoms with E-state index in [0.717, 1.165) is 5.39 Å². The molecule has 0 radical (unpaired) electrons. The average Bonchev–Trinajstić information content (AvgIpc) is 2.37. The van der Waals surface area contributed by atoms with Gasteiger partial charge in [0.25, 0.3) is 0 Å². The monoisotopic (exact) mass is 250 g/mol. The van der Waals surface area contributed by atoms with Crippen LogP contribution in [-0.4, -0.2) is 24.9 Å². The van der Waals surface area contributed by atoms with E-state index in [0.29, 0.717) is 23.7 Å². The Morgan fingerprint density at radius 2 is 2.00 bits per heavy atom. The Labute approximate surface area is 104 Å². The van der Waals surface area contributed by atoms with Crippen LogP contribution in [0.15, 0.2) is 33.5 Å². The van der Waals surface area contributed by atoms with Gasteiger partial charge in [-0.1, -0.05) is 0 Å². The first kappa shape index (κ1) is 12.4. The van der Waals surface area contributed by atoms with Crippen LogP contribution >= 0.6 is 0 Å². The highest BCUT2D eigenvalue weighted by Crippen LogP contribution is 2.32. The lowest BCUT2D eigenvalue weighted by molar-refractivity contribution is 0.194. The third kappa shape index (κ3) is 2.62. The Balaban J connectivity index is 2.49. The van der Waals surface area contributed by atoms with Gasteiger partial charge in [-0.3, -0.25) is 0 Å². The van der Waals surface area contributed by atoms with Crippen LogP contribution in [0.1, 0.15) is 6.92 Å². The Hall–Kier alpha value is -2.01. The summed E-state index contributed by atoms with van der Waals surface area (Å²) in [7, 11) is 0. The van der Waals surface area contributed by atoms with E-state index in [2.05, 4.69) is 0 Å². The number of aliphatic hydroxyl groups is 1. The predicted octanol–water partition coefficient (Wildman–Crippen LogP) is 1.56. The summed E-state index contributed by atoms with van der Waals surface area (Å²) in [6.07, 6.45) is 0. The summed E-state index contributed by atoms with van der Waals surface area (Å²) in [6.45, 7) is 2.42. The van der Waals surface area contributed by atoms with E-state index in [-0.39, 0.29) is 13.2 Å². The van der Waals surface area contributed by atoms with E-state index in [1.54, 1.807) is 18.2 Å². The van der Waals surface area contributed by atoms with Crippen molar-refractivity contribution in [2.24, 2.45) is 0 Å². The summed E-state index contributed by atoms with van der Waals surface area (Å²) < 4.78 is 15.9. The van der Waals surface area contributed by atoms with Gasteiger partial charge in [0.2, 0.25) is 0 Å². The van der Waals surface area contributed by atoms with Crippen molar-refractivity contribution in [1.82, 2.24) is 0 Å². The highest BCUT2D eigenvalue weighted by molar-refractivity contribution is 5.80. The molecule has 0 aliphatic heterocycles. The molecule has 0 saturated carbocycles. The van der Waals surface area contributed by atoms with Gasteiger partial charge >= 0.3 is 5.63 Å². The summed E-state index contributed by atoms with van der Waals surface area (Å²) in [5.41, 5.74) is 0.0126. The number of benzene rings is 1. The molecule has 0 fully saturated rings. The van der Waals surface area contributed by atoms with E-state index in [1.807, 2.05) is 6.92 Å². The highest BCUT2D eigenvalue weighted by atomic mass is 16.5. The molecule has 2 rings (SSSR count). The maximum absolute atomic E-state index is 11.1. The van der Waals surface area contributed by atoms with E-state index < -0.39 is 5.63 Å². The molecule has 0 aliphatic carbocycles. The van der Waals surface area contributed by atoms with Crippen LogP contribution in [-0.2, 0) is 0 Å². The Kier molecular flexibility index (Phi) is 3.84. The standard InChI is InChI=1S/C13H14O5/c1-2-16-11-7-9-3-4-13(15)18-10(9)8-12(11)17-6-5-14/h3-4,7-8,14H,2,5-6H2,1H3. The number of fused-ring (bicyclic) bond motifs is 1. The van der Waals surface area contributed by atoms with E-state index in [9.17, 15) is 4.79 Å². The van der Waals surface area contributed by atoms with E-state index >= 15 is 0 Å². The minimum atomic E-state index is -0.417. The fourth-order valence-corrected chi connectivity index (χ4v) is 1.61. The highest BCUT2D eigenvalue weighted by Gasteiger charge is 2.09. The number of rotatable bonds is 5. The Bertz CT molecular complexity index is 587. The van der Waals surface area contributed by atoms with Gasteiger partial charge in [-0.25, -0.2) is 4.79 Å². The fourth-order valence-electron chi connectivity index (χ4n) is 1.61. The van der Waals surface area contributed by atoms with Crippen molar-refractivity contribution in [2.45, 2.75) is 6.92 Å². The van der Waals surface area contributed by atoms with Crippen LogP contribution in [0.2, 0.25) is 0 Å². The van der Waals surface area contributed by atoms with Crippen molar-refractivity contribution in [3.05, 3.63) is 34.7 Å². The molecule has 96 valence electrons. The molecule has 2 aromatic rings. The van der Waals surface area contributed by atoms with E-state index in [4.69, 9.17) is 19.0 Å². The summed E-state index contributed by atoms with van der Waals surface area (Å²) in [4.78, 5) is 11.1. The van der Waals surface area contributed by atoms with Gasteiger partial charge in [0, 0.05) is 17.5 Å². The quantitative estimate of drug-likeness (QED) is 0.815. The molecule has 0 amide bonds. The van der Waals surface area contributed by atoms with Crippen LogP contribution < -0.4 is 15.1 Å². The summed E-state index contributed by atoms with van der Waals surface area (Å²) in [5.74, 6) is 1.01. The molecular weight excluding hydrogens is 236 g/mol. The van der Waals surface area contributed by atoms with Crippen molar-refractivity contribution < 1.29 is 19.0 Å². The second kappa shape index (κ2) is 5.55. The van der Waals surface area contributed by atoms with Crippen LogP contribution in [0.4, 0.5) is 0 Å². The summed E-state index contributed by atoms with van der Waals surface area (Å²) >= 11 is 0. The average molecular weight is 250 g/mol. The van der Waals surface area contributed by atoms with Crippen LogP contribution in [0, 0.1) is 0 Å². The Morgan fingerprint density at radius 3 is 2.72 bits per heavy atom. The fraction of sp³-hybridized carbons (Fsp3) is 0.308. The SMILES string of the molecule is CCOc1cc2ccc(=O)oc2cc1OCCO. The maximum atomic E-state index is 11.1. The molecule has 0 saturated heterocycles. The van der Waals surface area contributed by atoms with Gasteiger partial charge < -0.3 is 19.0 Å². The molecule has 1 aromatic heterocycles. The van der Waals surface area contributed by atoms with E-state index in [1.165, 1.54) is 6.07 Å². The lowest BCUT2D eigenvalue weighted by Gasteiger charge is -2.11. The molecule has 1 aromatic carbocycles. The zero-order chi connectivity index (χ0) is 13.0. The first-order valence-corrected chi connectivity index (χ1v) is 5.69. The molecule has 0 spiro atoms. The molecule has 5 heteroatoms. The van der Waals surface area contributed by atoms with Crippen LogP contribution in [0.25, 0.3) is 11.0 Å². The molecule has 1 N–H and O–H groups in total. The summed E-state index contributed by atoms with van der Waals surface area (Å²) in [5, 5.41) is 9.53. The smallest absolute Gasteiger partial charge is 0.336 e. The molecule has 0 bridgehead atoms. The third-order valence-electron chi connectivity index (χ3n) is 2.33. The van der Waals surface area contributed by atoms with Crippen molar-refractivity contribution >= 4 is 11.0 Å². The van der Waals surface area contributed by atoms with Crippen molar-refractivity contribution in [1.29, 1.82) is 0 Å². The first-order chi connectivity index (χ1) is 8.74. The topological polar surface area (TPSA) is 68.9 Å². The first-order valence-electron chi connectivity index (χ1n) is 5.69. The minimum Gasteiger partial charge on any atom is -0.490 e. The molecule has 5 nitrogen and oxygen atoms in total. The van der Waals surface area contributed by atoms with Gasteiger partial charge in [0.05, 0.1) is 13.2 Å². The van der Waals surface area contributed by atoms with Crippen molar-refractivity contribution in [3.8, 4) is 11.5 Å². The van der Waals surface area contributed by atoms with Gasteiger partial charge in [-0.15, -0.1) is 0 Å². The lowest BCUT2D eigenvalue weighted by atomic mass is 10.2. The number of hydrogen-bond donors (Lipinski definition) is 1. The predicted molar refractivity (Wildman–Crippen MR) is 66.2 cm³/mol. The van der Waals surface area contributed by atoms with Gasteiger partial charge in [0.1, 0.15) is 12.2 Å². The molecule has 18 heavy (non-hydrogen) atoms. The minimum absolute atomic E-state index is 0.0949. The largest absolute Gasteiger partial charge is 0.490 e. The number of ether oxygens (including phenoxy) is 2. The zero-order valence-electron chi connectivity index (χ0n) is 10.0. The second-order valence-electron chi connectivity index (χ2n) is 3.60. The zero-order valence-corrected chi connectivity index (χ0v) is 10.0. The Morgan fingerprint density at radius 1 is 1.22 bits per heavy atom. The molecule has 1 heterocycles. The summed E-state index contributed by atoms with van der Waals surface area (Å²) in [6, 6.07) is 6.36. The van der Waals surface area contributed by atoms with Crippen LogP contribution in [0.5, 0.6) is 11.5 Å². The third-order valence-corrected chi connectivity index (χ3v) is 2.33. The number of aliphatic hydroxyl groups excluding tert-OH is 1. The van der Waals surface area contributed by atoms with Crippen molar-refractivity contribution in [2.75, 3.05) is 19.8 Å². The second-order valence-corrected chi connectivity index (χ2v) is 3.60. The van der Waals surface area contributed by atoms with Crippen LogP contribution in [0.3, 0.4) is 0 Å². The van der Waals surface area contributed by atoms with Gasteiger partial charge in [0.15, 0.2) is 11.5 Å². The molecule has 0 aliphatic rings. The van der Waals surface area contributed by atoms with Gasteiger partial charge in [-0.2, -0.15) is 0 Å². The maximum Gasteiger partial charge on any atom is 0.336 e. The normalized spacial score (nSPS) is 10.6.